The molecule has 0 aromatic heterocycles. The smallest absolute Gasteiger partial charge is 0.167 e. The molecule has 0 amide bonds. The molecule has 0 fully saturated rings. The normalized spacial score (nSPS) is 17.2. The van der Waals surface area contributed by atoms with Gasteiger partial charge in [-0.05, 0) is 31.0 Å². The Labute approximate surface area is 108 Å². The second kappa shape index (κ2) is 5.09. The second-order valence-corrected chi connectivity index (χ2v) is 5.20. The minimum Gasteiger partial charge on any atom is -0.379 e. The Kier molecular flexibility index (Phi) is 3.69. The maximum atomic E-state index is 13.2. The topological polar surface area (TPSA) is 29.1 Å². The number of ketones is 1. The fourth-order valence-electron chi connectivity index (χ4n) is 2.97. The second-order valence-electron chi connectivity index (χ2n) is 5.20. The van der Waals surface area contributed by atoms with Crippen LogP contribution in [0, 0.1) is 5.82 Å². The third-order valence-corrected chi connectivity index (χ3v) is 3.64. The molecule has 0 atom stereocenters. The number of nitrogens with one attached hydrogen (secondary N) is 1. The van der Waals surface area contributed by atoms with Gasteiger partial charge in [-0.2, -0.15) is 0 Å². The van der Waals surface area contributed by atoms with E-state index < -0.39 is 0 Å². The molecular formula is C15H20FNO. The number of carbonyl (C=O) groups is 1. The molecule has 1 aromatic carbocycles. The Hall–Kier alpha value is -1.38. The van der Waals surface area contributed by atoms with Gasteiger partial charge in [-0.3, -0.25) is 4.79 Å². The van der Waals surface area contributed by atoms with E-state index in [1.54, 1.807) is 6.07 Å². The predicted octanol–water partition coefficient (Wildman–Crippen LogP) is 4.16. The summed E-state index contributed by atoms with van der Waals surface area (Å²) in [6.45, 7) is 4.26. The third-order valence-electron chi connectivity index (χ3n) is 3.64. The first-order valence-corrected chi connectivity index (χ1v) is 6.71. The molecule has 0 radical (unpaired) electrons. The molecule has 0 unspecified atom stereocenters. The standard InChI is InChI=1S/C15H20FNO/c1-3-7-15(8-4-2)10-14(18)12-9-11(16)5-6-13(12)17-15/h5-6,9,17H,3-4,7-8,10H2,1-2H3. The summed E-state index contributed by atoms with van der Waals surface area (Å²) in [5.74, 6) is -0.285. The highest BCUT2D eigenvalue weighted by molar-refractivity contribution is 6.04. The zero-order chi connectivity index (χ0) is 13.2. The van der Waals surface area contributed by atoms with Crippen molar-refractivity contribution in [2.24, 2.45) is 0 Å². The fraction of sp³-hybridized carbons (Fsp3) is 0.533. The third kappa shape index (κ3) is 2.40. The molecule has 2 rings (SSSR count). The quantitative estimate of drug-likeness (QED) is 0.868. The molecular weight excluding hydrogens is 229 g/mol. The molecule has 98 valence electrons. The molecule has 1 heterocycles. The van der Waals surface area contributed by atoms with Gasteiger partial charge in [0.05, 0.1) is 0 Å². The maximum Gasteiger partial charge on any atom is 0.167 e. The lowest BCUT2D eigenvalue weighted by molar-refractivity contribution is 0.0942. The zero-order valence-electron chi connectivity index (χ0n) is 11.1. The van der Waals surface area contributed by atoms with E-state index in [9.17, 15) is 9.18 Å². The summed E-state index contributed by atoms with van der Waals surface area (Å²) in [5, 5.41) is 3.48. The molecule has 0 aliphatic carbocycles. The van der Waals surface area contributed by atoms with Crippen LogP contribution in [0.5, 0.6) is 0 Å². The van der Waals surface area contributed by atoms with Crippen LogP contribution in [0.4, 0.5) is 10.1 Å². The van der Waals surface area contributed by atoms with Gasteiger partial charge in [0.1, 0.15) is 5.82 Å². The van der Waals surface area contributed by atoms with E-state index in [0.717, 1.165) is 31.4 Å². The highest BCUT2D eigenvalue weighted by Crippen LogP contribution is 2.36. The molecule has 3 heteroatoms. The molecule has 2 nitrogen and oxygen atoms in total. The van der Waals surface area contributed by atoms with Gasteiger partial charge in [0.25, 0.3) is 0 Å². The Balaban J connectivity index is 2.36. The van der Waals surface area contributed by atoms with Gasteiger partial charge in [-0.1, -0.05) is 26.7 Å². The average Bonchev–Trinajstić information content (AvgIpc) is 2.31. The van der Waals surface area contributed by atoms with Gasteiger partial charge in [-0.15, -0.1) is 0 Å². The van der Waals surface area contributed by atoms with Crippen LogP contribution in [0.2, 0.25) is 0 Å². The van der Waals surface area contributed by atoms with Crippen LogP contribution in [-0.4, -0.2) is 11.3 Å². The summed E-state index contributed by atoms with van der Waals surface area (Å²) < 4.78 is 13.2. The molecule has 0 saturated carbocycles. The van der Waals surface area contributed by atoms with Gasteiger partial charge in [0.2, 0.25) is 0 Å². The number of fused-ring (bicyclic) bond motifs is 1. The molecule has 1 aliphatic rings. The molecule has 0 bridgehead atoms. The van der Waals surface area contributed by atoms with Crippen LogP contribution in [0.1, 0.15) is 56.3 Å². The number of anilines is 1. The number of Topliss-reactive ketones (excluding diaryl/α,β-unsaturated/α-hetero) is 1. The van der Waals surface area contributed by atoms with Crippen molar-refractivity contribution in [2.45, 2.75) is 51.5 Å². The lowest BCUT2D eigenvalue weighted by Crippen LogP contribution is -2.44. The summed E-state index contributed by atoms with van der Waals surface area (Å²) in [6, 6.07) is 4.43. The van der Waals surface area contributed by atoms with Crippen LogP contribution in [-0.2, 0) is 0 Å². The molecule has 1 aromatic rings. The van der Waals surface area contributed by atoms with Gasteiger partial charge in [0, 0.05) is 23.2 Å². The molecule has 1 N–H and O–H groups in total. The van der Waals surface area contributed by atoms with E-state index >= 15 is 0 Å². The van der Waals surface area contributed by atoms with Gasteiger partial charge in [0.15, 0.2) is 5.78 Å². The van der Waals surface area contributed by atoms with E-state index in [1.807, 2.05) is 0 Å². The predicted molar refractivity (Wildman–Crippen MR) is 71.5 cm³/mol. The minimum absolute atomic E-state index is 0.0603. The first kappa shape index (κ1) is 13.1. The van der Waals surface area contributed by atoms with Crippen molar-refractivity contribution >= 4 is 11.5 Å². The first-order chi connectivity index (χ1) is 8.60. The Morgan fingerprint density at radius 2 is 1.94 bits per heavy atom. The largest absolute Gasteiger partial charge is 0.379 e. The van der Waals surface area contributed by atoms with Crippen molar-refractivity contribution in [3.63, 3.8) is 0 Å². The van der Waals surface area contributed by atoms with Gasteiger partial charge < -0.3 is 5.32 Å². The number of benzene rings is 1. The number of hydrogen-bond donors (Lipinski definition) is 1. The zero-order valence-corrected chi connectivity index (χ0v) is 11.1. The van der Waals surface area contributed by atoms with Crippen molar-refractivity contribution in [3.8, 4) is 0 Å². The fourth-order valence-corrected chi connectivity index (χ4v) is 2.97. The number of halogens is 1. The summed E-state index contributed by atoms with van der Waals surface area (Å²) in [7, 11) is 0. The number of rotatable bonds is 4. The lowest BCUT2D eigenvalue weighted by atomic mass is 9.79. The molecule has 0 spiro atoms. The highest BCUT2D eigenvalue weighted by Gasteiger charge is 2.36. The first-order valence-electron chi connectivity index (χ1n) is 6.71. The summed E-state index contributed by atoms with van der Waals surface area (Å²) in [5.41, 5.74) is 1.15. The average molecular weight is 249 g/mol. The van der Waals surface area contributed by atoms with Crippen LogP contribution < -0.4 is 5.32 Å². The van der Waals surface area contributed by atoms with Crippen LogP contribution in [0.15, 0.2) is 18.2 Å². The highest BCUT2D eigenvalue weighted by atomic mass is 19.1. The maximum absolute atomic E-state index is 13.2. The van der Waals surface area contributed by atoms with Crippen LogP contribution >= 0.6 is 0 Å². The van der Waals surface area contributed by atoms with E-state index in [2.05, 4.69) is 19.2 Å². The Morgan fingerprint density at radius 1 is 1.28 bits per heavy atom. The van der Waals surface area contributed by atoms with Crippen molar-refractivity contribution in [1.82, 2.24) is 0 Å². The summed E-state index contributed by atoms with van der Waals surface area (Å²) in [6.07, 6.45) is 4.51. The molecule has 18 heavy (non-hydrogen) atoms. The van der Waals surface area contributed by atoms with E-state index in [-0.39, 0.29) is 17.1 Å². The lowest BCUT2D eigenvalue weighted by Gasteiger charge is -2.39. The van der Waals surface area contributed by atoms with Crippen molar-refractivity contribution in [1.29, 1.82) is 0 Å². The van der Waals surface area contributed by atoms with E-state index in [1.165, 1.54) is 12.1 Å². The Bertz CT molecular complexity index is 450. The number of hydrogen-bond acceptors (Lipinski definition) is 2. The molecule has 1 aliphatic heterocycles. The van der Waals surface area contributed by atoms with E-state index in [4.69, 9.17) is 0 Å². The monoisotopic (exact) mass is 249 g/mol. The van der Waals surface area contributed by atoms with Crippen molar-refractivity contribution in [2.75, 3.05) is 5.32 Å². The van der Waals surface area contributed by atoms with Crippen LogP contribution in [0.3, 0.4) is 0 Å². The van der Waals surface area contributed by atoms with E-state index in [0.29, 0.717) is 12.0 Å². The minimum atomic E-state index is -0.345. The number of carbonyl (C=O) groups excluding carboxylic acids is 1. The Morgan fingerprint density at radius 3 is 2.56 bits per heavy atom. The van der Waals surface area contributed by atoms with Crippen molar-refractivity contribution in [3.05, 3.63) is 29.6 Å². The van der Waals surface area contributed by atoms with Gasteiger partial charge in [-0.25, -0.2) is 4.39 Å². The molecule has 0 saturated heterocycles. The summed E-state index contributed by atoms with van der Waals surface area (Å²) >= 11 is 0. The summed E-state index contributed by atoms with van der Waals surface area (Å²) in [4.78, 5) is 12.2. The SMILES string of the molecule is CCCC1(CCC)CC(=O)c2cc(F)ccc2N1. The van der Waals surface area contributed by atoms with Crippen LogP contribution in [0.25, 0.3) is 0 Å². The van der Waals surface area contributed by atoms with Gasteiger partial charge >= 0.3 is 0 Å². The van der Waals surface area contributed by atoms with Crippen molar-refractivity contribution < 1.29 is 9.18 Å².